The van der Waals surface area contributed by atoms with E-state index in [-0.39, 0.29) is 0 Å². The minimum Gasteiger partial charge on any atom is -0.454 e. The summed E-state index contributed by atoms with van der Waals surface area (Å²) in [5.41, 5.74) is 7.78. The molecule has 0 saturated carbocycles. The van der Waals surface area contributed by atoms with Crippen LogP contribution in [0.15, 0.2) is 108 Å². The fraction of sp³-hybridized carbons (Fsp3) is 0.0323. The van der Waals surface area contributed by atoms with Gasteiger partial charge in [0.1, 0.15) is 5.58 Å². The zero-order chi connectivity index (χ0) is 22.4. The Balaban J connectivity index is 1.64. The smallest absolute Gasteiger partial charge is 0.159 e. The van der Waals surface area contributed by atoms with Crippen molar-refractivity contribution in [3.05, 3.63) is 103 Å². The molecule has 0 unspecified atom stereocenters. The number of benzene rings is 5. The van der Waals surface area contributed by atoms with Gasteiger partial charge >= 0.3 is 0 Å². The number of hydrogen-bond acceptors (Lipinski definition) is 1. The Morgan fingerprint density at radius 1 is 0.529 bits per heavy atom. The van der Waals surface area contributed by atoms with Crippen molar-refractivity contribution in [1.29, 1.82) is 0 Å². The Labute approximate surface area is 195 Å². The standard InChI is InChI=1S/C31H20N2O/c1-32-25-13-7-5-11-20(25)23-15-16-24-28-27(34-31(24)30(23)32)18-17-22-21-12-6-8-14-26(21)33(29(22)28)19-9-3-2-4-10-19/h2-18H,1H3. The summed E-state index contributed by atoms with van der Waals surface area (Å²) in [7, 11) is 2.13. The zero-order valence-corrected chi connectivity index (χ0v) is 18.6. The third-order valence-corrected chi connectivity index (χ3v) is 7.32. The molecule has 0 aliphatic carbocycles. The van der Waals surface area contributed by atoms with Crippen molar-refractivity contribution < 1.29 is 4.42 Å². The third-order valence-electron chi connectivity index (χ3n) is 7.32. The Bertz CT molecular complexity index is 2070. The predicted octanol–water partition coefficient (Wildman–Crippen LogP) is 8.33. The quantitative estimate of drug-likeness (QED) is 0.254. The third kappa shape index (κ3) is 2.12. The maximum atomic E-state index is 6.64. The highest BCUT2D eigenvalue weighted by molar-refractivity contribution is 6.28. The predicted molar refractivity (Wildman–Crippen MR) is 142 cm³/mol. The van der Waals surface area contributed by atoms with E-state index in [9.17, 15) is 0 Å². The van der Waals surface area contributed by atoms with E-state index in [1.54, 1.807) is 0 Å². The fourth-order valence-corrected chi connectivity index (χ4v) is 5.88. The van der Waals surface area contributed by atoms with Gasteiger partial charge < -0.3 is 13.6 Å². The lowest BCUT2D eigenvalue weighted by Gasteiger charge is -2.08. The first kappa shape index (κ1) is 18.0. The van der Waals surface area contributed by atoms with Gasteiger partial charge in [-0.05, 0) is 42.5 Å². The zero-order valence-electron chi connectivity index (χ0n) is 18.6. The molecule has 0 amide bonds. The van der Waals surface area contributed by atoms with Crippen molar-refractivity contribution in [1.82, 2.24) is 9.13 Å². The Morgan fingerprint density at radius 3 is 1.97 bits per heavy atom. The van der Waals surface area contributed by atoms with E-state index in [1.807, 2.05) is 0 Å². The van der Waals surface area contributed by atoms with Crippen LogP contribution >= 0.6 is 0 Å². The van der Waals surface area contributed by atoms with Gasteiger partial charge in [0.15, 0.2) is 5.58 Å². The number of nitrogens with zero attached hydrogens (tertiary/aromatic N) is 2. The second-order valence-corrected chi connectivity index (χ2v) is 9.04. The van der Waals surface area contributed by atoms with E-state index in [0.717, 1.165) is 27.8 Å². The van der Waals surface area contributed by atoms with Crippen LogP contribution in [0.4, 0.5) is 0 Å². The SMILES string of the molecule is Cn1c2ccccc2c2ccc3c(oc4ccc5c6ccccc6n(-c6ccccc6)c5c43)c21. The molecular weight excluding hydrogens is 416 g/mol. The van der Waals surface area contributed by atoms with E-state index < -0.39 is 0 Å². The Morgan fingerprint density at radius 2 is 1.15 bits per heavy atom. The molecule has 8 aromatic rings. The molecule has 0 atom stereocenters. The topological polar surface area (TPSA) is 23.0 Å². The van der Waals surface area contributed by atoms with Gasteiger partial charge in [-0.1, -0.05) is 60.7 Å². The second-order valence-electron chi connectivity index (χ2n) is 9.04. The monoisotopic (exact) mass is 436 g/mol. The summed E-state index contributed by atoms with van der Waals surface area (Å²) in [5, 5.41) is 7.30. The van der Waals surface area contributed by atoms with Crippen LogP contribution in [0.5, 0.6) is 0 Å². The van der Waals surface area contributed by atoms with Crippen molar-refractivity contribution >= 4 is 65.6 Å². The lowest BCUT2D eigenvalue weighted by Crippen LogP contribution is -1.93. The van der Waals surface area contributed by atoms with Crippen molar-refractivity contribution in [3.8, 4) is 5.69 Å². The summed E-state index contributed by atoms with van der Waals surface area (Å²) in [5.74, 6) is 0. The van der Waals surface area contributed by atoms with E-state index >= 15 is 0 Å². The summed E-state index contributed by atoms with van der Waals surface area (Å²) < 4.78 is 11.3. The number of aryl methyl sites for hydroxylation is 1. The first-order valence-electron chi connectivity index (χ1n) is 11.6. The summed E-state index contributed by atoms with van der Waals surface area (Å²) in [6.07, 6.45) is 0. The lowest BCUT2D eigenvalue weighted by atomic mass is 10.1. The van der Waals surface area contributed by atoms with Crippen molar-refractivity contribution in [2.45, 2.75) is 0 Å². The summed E-state index contributed by atoms with van der Waals surface area (Å²) in [6.45, 7) is 0. The highest BCUT2D eigenvalue weighted by Crippen LogP contribution is 2.43. The van der Waals surface area contributed by atoms with Gasteiger partial charge in [-0.15, -0.1) is 0 Å². The Kier molecular flexibility index (Phi) is 3.33. The molecule has 3 heteroatoms. The lowest BCUT2D eigenvalue weighted by molar-refractivity contribution is 0.670. The van der Waals surface area contributed by atoms with Crippen LogP contribution in [0.2, 0.25) is 0 Å². The average Bonchev–Trinajstić information content (AvgIpc) is 3.52. The summed E-state index contributed by atoms with van der Waals surface area (Å²) in [4.78, 5) is 0. The highest BCUT2D eigenvalue weighted by atomic mass is 16.3. The maximum absolute atomic E-state index is 6.64. The van der Waals surface area contributed by atoms with Crippen molar-refractivity contribution in [2.24, 2.45) is 7.05 Å². The highest BCUT2D eigenvalue weighted by Gasteiger charge is 2.21. The van der Waals surface area contributed by atoms with E-state index in [1.165, 1.54) is 43.5 Å². The molecule has 3 heterocycles. The van der Waals surface area contributed by atoms with Crippen LogP contribution in [0.3, 0.4) is 0 Å². The molecule has 34 heavy (non-hydrogen) atoms. The van der Waals surface area contributed by atoms with Crippen LogP contribution < -0.4 is 0 Å². The number of para-hydroxylation sites is 3. The molecule has 0 radical (unpaired) electrons. The largest absolute Gasteiger partial charge is 0.454 e. The molecule has 5 aromatic carbocycles. The number of rotatable bonds is 1. The minimum absolute atomic E-state index is 0.917. The van der Waals surface area contributed by atoms with E-state index in [4.69, 9.17) is 4.42 Å². The van der Waals surface area contributed by atoms with E-state index in [2.05, 4.69) is 119 Å². The molecule has 0 fully saturated rings. The van der Waals surface area contributed by atoms with Gasteiger partial charge in [0.2, 0.25) is 0 Å². The van der Waals surface area contributed by atoms with Gasteiger partial charge in [0.25, 0.3) is 0 Å². The van der Waals surface area contributed by atoms with Crippen LogP contribution in [0, 0.1) is 0 Å². The van der Waals surface area contributed by atoms with Gasteiger partial charge in [-0.25, -0.2) is 0 Å². The van der Waals surface area contributed by atoms with Gasteiger partial charge in [-0.2, -0.15) is 0 Å². The number of fused-ring (bicyclic) bond motifs is 11. The molecule has 160 valence electrons. The van der Waals surface area contributed by atoms with E-state index in [0.29, 0.717) is 0 Å². The molecule has 3 aromatic heterocycles. The fourth-order valence-electron chi connectivity index (χ4n) is 5.88. The molecule has 0 spiro atoms. The van der Waals surface area contributed by atoms with Gasteiger partial charge in [0.05, 0.1) is 21.9 Å². The van der Waals surface area contributed by atoms with Crippen LogP contribution in [-0.2, 0) is 7.05 Å². The van der Waals surface area contributed by atoms with Crippen LogP contribution in [0.1, 0.15) is 0 Å². The molecule has 0 bridgehead atoms. The molecule has 8 rings (SSSR count). The molecule has 0 N–H and O–H groups in total. The van der Waals surface area contributed by atoms with Crippen molar-refractivity contribution in [2.75, 3.05) is 0 Å². The first-order valence-corrected chi connectivity index (χ1v) is 11.6. The molecule has 0 aliphatic heterocycles. The molecule has 0 saturated heterocycles. The van der Waals surface area contributed by atoms with Crippen molar-refractivity contribution in [3.63, 3.8) is 0 Å². The number of hydrogen-bond donors (Lipinski definition) is 0. The first-order chi connectivity index (χ1) is 16.8. The molecular formula is C31H20N2O. The number of furan rings is 1. The Hall–Kier alpha value is -4.50. The van der Waals surface area contributed by atoms with Gasteiger partial charge in [-0.3, -0.25) is 0 Å². The summed E-state index contributed by atoms with van der Waals surface area (Å²) in [6, 6.07) is 36.7. The number of aromatic nitrogens is 2. The summed E-state index contributed by atoms with van der Waals surface area (Å²) >= 11 is 0. The second kappa shape index (κ2) is 6.30. The molecule has 3 nitrogen and oxygen atoms in total. The van der Waals surface area contributed by atoms with Gasteiger partial charge in [0, 0.05) is 45.2 Å². The van der Waals surface area contributed by atoms with Crippen LogP contribution in [0.25, 0.3) is 71.2 Å². The minimum atomic E-state index is 0.917. The maximum Gasteiger partial charge on any atom is 0.159 e. The normalized spacial score (nSPS) is 12.3. The molecule has 0 aliphatic rings. The average molecular weight is 437 g/mol. The van der Waals surface area contributed by atoms with Crippen LogP contribution in [-0.4, -0.2) is 9.13 Å².